The lowest BCUT2D eigenvalue weighted by molar-refractivity contribution is 0.0951. The number of aryl methyl sites for hydroxylation is 1. The van der Waals surface area contributed by atoms with Crippen LogP contribution in [0.4, 0.5) is 0 Å². The molecule has 1 heterocycles. The Morgan fingerprint density at radius 2 is 2.16 bits per heavy atom. The molecular weight excluding hydrogens is 314 g/mol. The normalized spacial score (nSPS) is 14.7. The highest BCUT2D eigenvalue weighted by Crippen LogP contribution is 2.24. The maximum Gasteiger partial charge on any atom is 0.251 e. The van der Waals surface area contributed by atoms with Crippen LogP contribution in [0.3, 0.4) is 0 Å². The lowest BCUT2D eigenvalue weighted by Crippen LogP contribution is -2.25. The van der Waals surface area contributed by atoms with Crippen molar-refractivity contribution in [3.8, 4) is 0 Å². The molecule has 5 heteroatoms. The van der Waals surface area contributed by atoms with Gasteiger partial charge < -0.3 is 9.73 Å². The zero-order chi connectivity index (χ0) is 17.8. The van der Waals surface area contributed by atoms with E-state index >= 15 is 0 Å². The third-order valence-corrected chi connectivity index (χ3v) is 4.14. The Morgan fingerprint density at radius 1 is 1.36 bits per heavy atom. The predicted octanol–water partition coefficient (Wildman–Crippen LogP) is 3.94. The smallest absolute Gasteiger partial charge is 0.251 e. The van der Waals surface area contributed by atoms with Crippen molar-refractivity contribution in [2.75, 3.05) is 0 Å². The van der Waals surface area contributed by atoms with Gasteiger partial charge in [-0.25, -0.2) is 0 Å². The molecule has 0 atom stereocenters. The van der Waals surface area contributed by atoms with E-state index in [0.717, 1.165) is 35.1 Å². The van der Waals surface area contributed by atoms with Crippen LogP contribution in [0.5, 0.6) is 0 Å². The van der Waals surface area contributed by atoms with Crippen molar-refractivity contribution in [3.05, 3.63) is 72.0 Å². The first-order chi connectivity index (χ1) is 12.1. The Bertz CT molecular complexity index is 844. The van der Waals surface area contributed by atoms with E-state index in [0.29, 0.717) is 17.5 Å². The van der Waals surface area contributed by atoms with Crippen molar-refractivity contribution in [2.45, 2.75) is 32.7 Å². The number of hydrogen-bond donors (Lipinski definition) is 1. The highest BCUT2D eigenvalue weighted by Gasteiger charge is 2.24. The van der Waals surface area contributed by atoms with Crippen LogP contribution >= 0.6 is 0 Å². The summed E-state index contributed by atoms with van der Waals surface area (Å²) in [6.45, 7) is 8.04. The fourth-order valence-electron chi connectivity index (χ4n) is 2.48. The standard InChI is InChI=1S/C20H21N3O2/c1-4-15(20-23-21-12-25-20)7-5-13(2)18-11-16(8-6-14(18)3)19(24)22-17-9-10-17/h4-8,11-12,17H,2,9-10H2,1,3H3,(H,22,24)/b7-5-,15-4+. The highest BCUT2D eigenvalue weighted by atomic mass is 16.4. The second kappa shape index (κ2) is 7.30. The van der Waals surface area contributed by atoms with Crippen LogP contribution in [0.1, 0.15) is 47.1 Å². The summed E-state index contributed by atoms with van der Waals surface area (Å²) in [4.78, 5) is 12.3. The van der Waals surface area contributed by atoms with Crippen molar-refractivity contribution in [2.24, 2.45) is 0 Å². The van der Waals surface area contributed by atoms with Crippen molar-refractivity contribution < 1.29 is 9.21 Å². The largest absolute Gasteiger partial charge is 0.423 e. The molecule has 0 unspecified atom stereocenters. The van der Waals surface area contributed by atoms with Crippen LogP contribution in [-0.4, -0.2) is 22.1 Å². The fourth-order valence-corrected chi connectivity index (χ4v) is 2.48. The summed E-state index contributed by atoms with van der Waals surface area (Å²) >= 11 is 0. The number of carbonyl (C=O) groups excluding carboxylic acids is 1. The van der Waals surface area contributed by atoms with Crippen LogP contribution in [0.25, 0.3) is 11.1 Å². The molecule has 0 bridgehead atoms. The molecule has 1 N–H and O–H groups in total. The van der Waals surface area contributed by atoms with Crippen LogP contribution in [0.15, 0.2) is 53.8 Å². The highest BCUT2D eigenvalue weighted by molar-refractivity contribution is 5.96. The Morgan fingerprint density at radius 3 is 2.80 bits per heavy atom. The van der Waals surface area contributed by atoms with Crippen LogP contribution in [0.2, 0.25) is 0 Å². The molecule has 128 valence electrons. The average Bonchev–Trinajstić information content (AvgIpc) is 3.25. The molecule has 1 aromatic heterocycles. The monoisotopic (exact) mass is 335 g/mol. The Kier molecular flexibility index (Phi) is 4.93. The first kappa shape index (κ1) is 16.9. The van der Waals surface area contributed by atoms with E-state index in [4.69, 9.17) is 4.42 Å². The van der Waals surface area contributed by atoms with Gasteiger partial charge in [0.1, 0.15) is 0 Å². The quantitative estimate of drug-likeness (QED) is 0.812. The molecule has 1 aliphatic rings. The minimum Gasteiger partial charge on any atom is -0.423 e. The number of nitrogens with one attached hydrogen (secondary N) is 1. The molecular formula is C20H21N3O2. The topological polar surface area (TPSA) is 68.0 Å². The molecule has 0 saturated heterocycles. The van der Waals surface area contributed by atoms with E-state index in [1.165, 1.54) is 6.39 Å². The summed E-state index contributed by atoms with van der Waals surface area (Å²) in [7, 11) is 0. The van der Waals surface area contributed by atoms with E-state index in [1.807, 2.05) is 50.3 Å². The molecule has 25 heavy (non-hydrogen) atoms. The zero-order valence-electron chi connectivity index (χ0n) is 14.5. The number of nitrogens with zero attached hydrogens (tertiary/aromatic N) is 2. The van der Waals surface area contributed by atoms with Gasteiger partial charge >= 0.3 is 0 Å². The summed E-state index contributed by atoms with van der Waals surface area (Å²) in [6, 6.07) is 6.03. The minimum absolute atomic E-state index is 0.0273. The van der Waals surface area contributed by atoms with Crippen LogP contribution < -0.4 is 5.32 Å². The zero-order valence-corrected chi connectivity index (χ0v) is 14.5. The van der Waals surface area contributed by atoms with Gasteiger partial charge in [-0.15, -0.1) is 10.2 Å². The van der Waals surface area contributed by atoms with Gasteiger partial charge in [-0.05, 0) is 61.6 Å². The van der Waals surface area contributed by atoms with Gasteiger partial charge in [0.2, 0.25) is 12.3 Å². The molecule has 0 aliphatic heterocycles. The van der Waals surface area contributed by atoms with Gasteiger partial charge in [0.15, 0.2) is 0 Å². The van der Waals surface area contributed by atoms with E-state index in [-0.39, 0.29) is 5.91 Å². The van der Waals surface area contributed by atoms with Gasteiger partial charge in [-0.2, -0.15) is 0 Å². The Hall–Kier alpha value is -2.95. The molecule has 1 aliphatic carbocycles. The Balaban J connectivity index is 1.78. The lowest BCUT2D eigenvalue weighted by atomic mass is 9.98. The van der Waals surface area contributed by atoms with Crippen molar-refractivity contribution in [1.82, 2.24) is 15.5 Å². The first-order valence-electron chi connectivity index (χ1n) is 8.30. The van der Waals surface area contributed by atoms with Crippen LogP contribution in [0, 0.1) is 6.92 Å². The summed E-state index contributed by atoms with van der Waals surface area (Å²) in [5.41, 5.74) is 4.31. The number of amides is 1. The third kappa shape index (κ3) is 4.12. The summed E-state index contributed by atoms with van der Waals surface area (Å²) in [5.74, 6) is 0.432. The number of carbonyl (C=O) groups is 1. The number of aromatic nitrogens is 2. The van der Waals surface area contributed by atoms with E-state index in [2.05, 4.69) is 22.1 Å². The molecule has 0 radical (unpaired) electrons. The van der Waals surface area contributed by atoms with Gasteiger partial charge in [0, 0.05) is 17.2 Å². The lowest BCUT2D eigenvalue weighted by Gasteiger charge is -2.09. The number of benzene rings is 1. The number of allylic oxidation sites excluding steroid dienone is 5. The van der Waals surface area contributed by atoms with E-state index in [1.54, 1.807) is 0 Å². The number of hydrogen-bond acceptors (Lipinski definition) is 4. The van der Waals surface area contributed by atoms with Gasteiger partial charge in [-0.1, -0.05) is 24.8 Å². The molecule has 1 fully saturated rings. The van der Waals surface area contributed by atoms with Gasteiger partial charge in [-0.3, -0.25) is 4.79 Å². The fraction of sp³-hybridized carbons (Fsp3) is 0.250. The minimum atomic E-state index is -0.0273. The van der Waals surface area contributed by atoms with Crippen molar-refractivity contribution in [1.29, 1.82) is 0 Å². The van der Waals surface area contributed by atoms with Crippen LogP contribution in [-0.2, 0) is 0 Å². The predicted molar refractivity (Wildman–Crippen MR) is 97.8 cm³/mol. The second-order valence-corrected chi connectivity index (χ2v) is 6.12. The molecule has 1 saturated carbocycles. The molecule has 0 spiro atoms. The van der Waals surface area contributed by atoms with Gasteiger partial charge in [0.25, 0.3) is 5.91 Å². The molecule has 3 rings (SSSR count). The SMILES string of the molecule is C=C(/C=C\C(=C/C)c1nnco1)c1cc(C(=O)NC2CC2)ccc1C. The number of rotatable bonds is 6. The first-order valence-corrected chi connectivity index (χ1v) is 8.30. The van der Waals surface area contributed by atoms with Crippen molar-refractivity contribution >= 4 is 17.1 Å². The third-order valence-electron chi connectivity index (χ3n) is 4.14. The van der Waals surface area contributed by atoms with E-state index < -0.39 is 0 Å². The summed E-state index contributed by atoms with van der Waals surface area (Å²) < 4.78 is 5.22. The van der Waals surface area contributed by atoms with Gasteiger partial charge in [0.05, 0.1) is 0 Å². The second-order valence-electron chi connectivity index (χ2n) is 6.12. The maximum absolute atomic E-state index is 12.3. The maximum atomic E-state index is 12.3. The van der Waals surface area contributed by atoms with Crippen molar-refractivity contribution in [3.63, 3.8) is 0 Å². The molecule has 1 amide bonds. The molecule has 2 aromatic rings. The molecule has 1 aromatic carbocycles. The molecule has 5 nitrogen and oxygen atoms in total. The summed E-state index contributed by atoms with van der Waals surface area (Å²) in [6.07, 6.45) is 9.11. The summed E-state index contributed by atoms with van der Waals surface area (Å²) in [5, 5.41) is 10.6. The average molecular weight is 335 g/mol. The van der Waals surface area contributed by atoms with E-state index in [9.17, 15) is 4.79 Å². The Labute approximate surface area is 147 Å².